The van der Waals surface area contributed by atoms with Crippen molar-refractivity contribution < 1.29 is 4.42 Å². The highest BCUT2D eigenvalue weighted by molar-refractivity contribution is 5.79. The molecule has 1 aromatic carbocycles. The van der Waals surface area contributed by atoms with E-state index in [2.05, 4.69) is 28.4 Å². The molecule has 0 bridgehead atoms. The largest absolute Gasteiger partial charge is 0.469 e. The summed E-state index contributed by atoms with van der Waals surface area (Å²) in [5.74, 6) is 1.84. The number of para-hydroxylation sites is 1. The van der Waals surface area contributed by atoms with E-state index in [0.29, 0.717) is 6.54 Å². The molecule has 3 aromatic rings. The molecule has 0 atom stereocenters. The molecule has 0 aliphatic rings. The summed E-state index contributed by atoms with van der Waals surface area (Å²) in [7, 11) is 2.04. The molecule has 0 fully saturated rings. The Morgan fingerprint density at radius 2 is 2.08 bits per heavy atom. The van der Waals surface area contributed by atoms with Gasteiger partial charge in [-0.2, -0.15) is 5.10 Å². The maximum atomic E-state index is 5.36. The van der Waals surface area contributed by atoms with Crippen molar-refractivity contribution >= 4 is 5.96 Å². The summed E-state index contributed by atoms with van der Waals surface area (Å²) < 4.78 is 7.25. The van der Waals surface area contributed by atoms with Crippen LogP contribution in [0.2, 0.25) is 0 Å². The summed E-state index contributed by atoms with van der Waals surface area (Å²) in [6.45, 7) is 4.32. The van der Waals surface area contributed by atoms with E-state index in [1.54, 1.807) is 6.26 Å². The van der Waals surface area contributed by atoms with E-state index < -0.39 is 0 Å². The van der Waals surface area contributed by atoms with Gasteiger partial charge >= 0.3 is 0 Å². The van der Waals surface area contributed by atoms with E-state index in [1.807, 2.05) is 60.4 Å². The second-order valence-electron chi connectivity index (χ2n) is 6.05. The number of benzene rings is 1. The Balaban J connectivity index is 1.62. The molecule has 0 saturated carbocycles. The zero-order valence-electron chi connectivity index (χ0n) is 15.3. The fourth-order valence-corrected chi connectivity index (χ4v) is 2.71. The van der Waals surface area contributed by atoms with Crippen molar-refractivity contribution in [3.63, 3.8) is 0 Å². The Labute approximate surface area is 154 Å². The zero-order chi connectivity index (χ0) is 18.2. The number of guanidine groups is 1. The van der Waals surface area contributed by atoms with Crippen LogP contribution >= 0.6 is 0 Å². The Bertz CT molecular complexity index is 808. The van der Waals surface area contributed by atoms with Gasteiger partial charge in [0.1, 0.15) is 5.76 Å². The summed E-state index contributed by atoms with van der Waals surface area (Å²) in [6, 6.07) is 14.0. The lowest BCUT2D eigenvalue weighted by Crippen LogP contribution is -2.38. The van der Waals surface area contributed by atoms with E-state index in [-0.39, 0.29) is 0 Å². The van der Waals surface area contributed by atoms with Crippen LogP contribution in [0.3, 0.4) is 0 Å². The number of nitrogens with one attached hydrogen (secondary N) is 1. The Morgan fingerprint density at radius 3 is 2.81 bits per heavy atom. The lowest BCUT2D eigenvalue weighted by atomic mass is 10.3. The van der Waals surface area contributed by atoms with Crippen LogP contribution < -0.4 is 5.32 Å². The van der Waals surface area contributed by atoms with Crippen molar-refractivity contribution in [2.45, 2.75) is 19.9 Å². The van der Waals surface area contributed by atoms with Crippen molar-refractivity contribution in [3.05, 3.63) is 72.4 Å². The lowest BCUT2D eigenvalue weighted by Gasteiger charge is -2.21. The van der Waals surface area contributed by atoms with Gasteiger partial charge in [-0.15, -0.1) is 0 Å². The molecule has 6 nitrogen and oxygen atoms in total. The minimum absolute atomic E-state index is 0.684. The van der Waals surface area contributed by atoms with E-state index in [0.717, 1.165) is 42.5 Å². The van der Waals surface area contributed by atoms with Gasteiger partial charge in [0, 0.05) is 44.9 Å². The highest BCUT2D eigenvalue weighted by Gasteiger charge is 2.09. The number of furan rings is 1. The van der Waals surface area contributed by atoms with Gasteiger partial charge in [0.25, 0.3) is 0 Å². The fraction of sp³-hybridized carbons (Fsp3) is 0.300. The van der Waals surface area contributed by atoms with Crippen molar-refractivity contribution in [1.82, 2.24) is 20.0 Å². The number of aliphatic imine (C=N–C) groups is 1. The first-order chi connectivity index (χ1) is 12.8. The summed E-state index contributed by atoms with van der Waals surface area (Å²) in [5, 5.41) is 7.80. The molecule has 0 aliphatic carbocycles. The van der Waals surface area contributed by atoms with Crippen LogP contribution in [0.25, 0.3) is 5.69 Å². The predicted molar refractivity (Wildman–Crippen MR) is 103 cm³/mol. The van der Waals surface area contributed by atoms with Gasteiger partial charge in [0.05, 0.1) is 18.1 Å². The molecular weight excluding hydrogens is 326 g/mol. The van der Waals surface area contributed by atoms with Crippen LogP contribution in [0, 0.1) is 0 Å². The average Bonchev–Trinajstić information content (AvgIpc) is 3.34. The first-order valence-electron chi connectivity index (χ1n) is 8.87. The molecule has 0 aliphatic heterocycles. The number of rotatable bonds is 7. The fourth-order valence-electron chi connectivity index (χ4n) is 2.71. The molecular formula is C20H25N5O. The molecule has 2 heterocycles. The van der Waals surface area contributed by atoms with E-state index >= 15 is 0 Å². The number of hydrogen-bond acceptors (Lipinski definition) is 3. The Kier molecular flexibility index (Phi) is 6.09. The summed E-state index contributed by atoms with van der Waals surface area (Å²) >= 11 is 0. The standard InChI is InChI=1S/C20H25N5O/c1-3-21-20(22-12-11-19-10-7-13-26-19)24(2)15-17-14-23-25(16-17)18-8-5-4-6-9-18/h4-10,13-14,16H,3,11-12,15H2,1-2H3,(H,21,22). The molecule has 0 amide bonds. The third-order valence-corrected chi connectivity index (χ3v) is 3.97. The maximum absolute atomic E-state index is 5.36. The molecule has 0 saturated heterocycles. The normalized spacial score (nSPS) is 11.5. The SMILES string of the molecule is CCNC(=NCCc1ccco1)N(C)Cc1cnn(-c2ccccc2)c1. The summed E-state index contributed by atoms with van der Waals surface area (Å²) in [4.78, 5) is 6.80. The van der Waals surface area contributed by atoms with Crippen molar-refractivity contribution in [1.29, 1.82) is 0 Å². The third-order valence-electron chi connectivity index (χ3n) is 3.97. The number of hydrogen-bond donors (Lipinski definition) is 1. The van der Waals surface area contributed by atoms with Gasteiger partial charge in [-0.25, -0.2) is 4.68 Å². The molecule has 1 N–H and O–H groups in total. The van der Waals surface area contributed by atoms with Crippen LogP contribution in [0.4, 0.5) is 0 Å². The molecule has 6 heteroatoms. The quantitative estimate of drug-likeness (QED) is 0.525. The van der Waals surface area contributed by atoms with Crippen molar-refractivity contribution in [3.8, 4) is 5.69 Å². The zero-order valence-corrected chi connectivity index (χ0v) is 15.3. The van der Waals surface area contributed by atoms with Gasteiger partial charge in [0.15, 0.2) is 5.96 Å². The maximum Gasteiger partial charge on any atom is 0.193 e. The summed E-state index contributed by atoms with van der Waals surface area (Å²) in [5.41, 5.74) is 2.19. The van der Waals surface area contributed by atoms with Crippen molar-refractivity contribution in [2.75, 3.05) is 20.1 Å². The highest BCUT2D eigenvalue weighted by atomic mass is 16.3. The predicted octanol–water partition coefficient (Wildman–Crippen LogP) is 3.11. The molecule has 3 rings (SSSR count). The summed E-state index contributed by atoms with van der Waals surface area (Å²) in [6.07, 6.45) is 6.44. The first kappa shape index (κ1) is 17.8. The highest BCUT2D eigenvalue weighted by Crippen LogP contribution is 2.09. The smallest absolute Gasteiger partial charge is 0.193 e. The lowest BCUT2D eigenvalue weighted by molar-refractivity contribution is 0.474. The Hall–Kier alpha value is -3.02. The van der Waals surface area contributed by atoms with Crippen LogP contribution in [-0.4, -0.2) is 40.8 Å². The van der Waals surface area contributed by atoms with Crippen LogP contribution in [0.1, 0.15) is 18.2 Å². The van der Waals surface area contributed by atoms with Gasteiger partial charge in [-0.3, -0.25) is 4.99 Å². The average molecular weight is 351 g/mol. The van der Waals surface area contributed by atoms with Gasteiger partial charge in [-0.05, 0) is 31.2 Å². The molecule has 2 aromatic heterocycles. The van der Waals surface area contributed by atoms with E-state index in [4.69, 9.17) is 9.41 Å². The molecule has 26 heavy (non-hydrogen) atoms. The molecule has 0 unspecified atom stereocenters. The van der Waals surface area contributed by atoms with Crippen LogP contribution in [-0.2, 0) is 13.0 Å². The molecule has 136 valence electrons. The van der Waals surface area contributed by atoms with Gasteiger partial charge in [-0.1, -0.05) is 18.2 Å². The number of aromatic nitrogens is 2. The van der Waals surface area contributed by atoms with Crippen LogP contribution in [0.5, 0.6) is 0 Å². The minimum Gasteiger partial charge on any atom is -0.469 e. The second-order valence-corrected chi connectivity index (χ2v) is 6.05. The minimum atomic E-state index is 0.684. The Morgan fingerprint density at radius 1 is 1.23 bits per heavy atom. The van der Waals surface area contributed by atoms with E-state index in [1.165, 1.54) is 0 Å². The third kappa shape index (κ3) is 4.75. The second kappa shape index (κ2) is 8.89. The van der Waals surface area contributed by atoms with Crippen LogP contribution in [0.15, 0.2) is 70.5 Å². The monoisotopic (exact) mass is 351 g/mol. The van der Waals surface area contributed by atoms with Gasteiger partial charge < -0.3 is 14.6 Å². The molecule has 0 spiro atoms. The van der Waals surface area contributed by atoms with Crippen molar-refractivity contribution in [2.24, 2.45) is 4.99 Å². The first-order valence-corrected chi connectivity index (χ1v) is 8.87. The molecule has 0 radical (unpaired) electrons. The number of nitrogens with zero attached hydrogens (tertiary/aromatic N) is 4. The topological polar surface area (TPSA) is 58.6 Å². The van der Waals surface area contributed by atoms with E-state index in [9.17, 15) is 0 Å². The van der Waals surface area contributed by atoms with Gasteiger partial charge in [0.2, 0.25) is 0 Å².